The fraction of sp³-hybridized carbons (Fsp3) is 0.184. The Hall–Kier alpha value is -5.64. The first kappa shape index (κ1) is 32.3. The second-order valence-electron chi connectivity index (χ2n) is 11.5. The molecular formula is C38H32F3N5O2. The van der Waals surface area contributed by atoms with E-state index in [2.05, 4.69) is 21.0 Å². The van der Waals surface area contributed by atoms with Crippen LogP contribution in [0.4, 0.5) is 13.2 Å². The van der Waals surface area contributed by atoms with Crippen LogP contribution in [0.1, 0.15) is 33.6 Å². The van der Waals surface area contributed by atoms with Crippen LogP contribution in [-0.4, -0.2) is 49.2 Å². The monoisotopic (exact) mass is 647 g/mol. The van der Waals surface area contributed by atoms with Crippen LogP contribution in [0.5, 0.6) is 0 Å². The molecule has 242 valence electrons. The van der Waals surface area contributed by atoms with E-state index in [1.165, 1.54) is 34.7 Å². The van der Waals surface area contributed by atoms with Crippen molar-refractivity contribution in [2.75, 3.05) is 6.54 Å². The summed E-state index contributed by atoms with van der Waals surface area (Å²) in [6, 6.07) is 26.5. The molecule has 0 saturated heterocycles. The Bertz CT molecular complexity index is 1880. The number of nitrogens with zero attached hydrogens (tertiary/aromatic N) is 5. The van der Waals surface area contributed by atoms with Gasteiger partial charge in [0.15, 0.2) is 0 Å². The Balaban J connectivity index is 1.34. The van der Waals surface area contributed by atoms with Crippen LogP contribution in [0.3, 0.4) is 0 Å². The second-order valence-corrected chi connectivity index (χ2v) is 11.5. The van der Waals surface area contributed by atoms with Crippen LogP contribution in [0.15, 0.2) is 122 Å². The third-order valence-electron chi connectivity index (χ3n) is 8.31. The van der Waals surface area contributed by atoms with Gasteiger partial charge in [-0.25, -0.2) is 9.97 Å². The Morgan fingerprint density at radius 2 is 1.50 bits per heavy atom. The maximum atomic E-state index is 14.4. The number of amides is 2. The van der Waals surface area contributed by atoms with Crippen molar-refractivity contribution < 1.29 is 22.8 Å². The first-order valence-corrected chi connectivity index (χ1v) is 15.5. The van der Waals surface area contributed by atoms with Crippen molar-refractivity contribution in [1.29, 1.82) is 0 Å². The van der Waals surface area contributed by atoms with Crippen LogP contribution >= 0.6 is 0 Å². The summed E-state index contributed by atoms with van der Waals surface area (Å²) in [7, 11) is 0. The number of carbonyl (C=O) groups excluding carboxylic acids is 2. The number of pyridine rings is 1. The highest BCUT2D eigenvalue weighted by atomic mass is 19.4. The summed E-state index contributed by atoms with van der Waals surface area (Å²) in [5, 5.41) is 0. The van der Waals surface area contributed by atoms with Gasteiger partial charge in [0.25, 0.3) is 0 Å². The van der Waals surface area contributed by atoms with E-state index in [9.17, 15) is 22.8 Å². The van der Waals surface area contributed by atoms with E-state index < -0.39 is 23.7 Å². The maximum absolute atomic E-state index is 14.4. The molecule has 1 unspecified atom stereocenters. The van der Waals surface area contributed by atoms with Crippen LogP contribution in [0, 0.1) is 0 Å². The molecule has 2 amide bonds. The van der Waals surface area contributed by atoms with Crippen molar-refractivity contribution in [2.24, 2.45) is 0 Å². The minimum atomic E-state index is -4.47. The van der Waals surface area contributed by atoms with Crippen molar-refractivity contribution in [2.45, 2.75) is 38.1 Å². The molecule has 0 saturated carbocycles. The third-order valence-corrected chi connectivity index (χ3v) is 8.31. The largest absolute Gasteiger partial charge is 0.416 e. The molecule has 0 aliphatic carbocycles. The number of hydrogen-bond acceptors (Lipinski definition) is 5. The quantitative estimate of drug-likeness (QED) is 0.165. The minimum absolute atomic E-state index is 0.0731. The molecule has 3 heterocycles. The molecule has 2 aromatic heterocycles. The smallest absolute Gasteiger partial charge is 0.336 e. The number of fused-ring (bicyclic) bond motifs is 1. The molecule has 10 heteroatoms. The molecule has 6 rings (SSSR count). The lowest BCUT2D eigenvalue weighted by Crippen LogP contribution is -2.52. The van der Waals surface area contributed by atoms with Gasteiger partial charge in [0.05, 0.1) is 11.3 Å². The average Bonchev–Trinajstić information content (AvgIpc) is 3.12. The molecule has 7 nitrogen and oxygen atoms in total. The van der Waals surface area contributed by atoms with Gasteiger partial charge in [-0.1, -0.05) is 66.7 Å². The van der Waals surface area contributed by atoms with Gasteiger partial charge >= 0.3 is 6.18 Å². The van der Waals surface area contributed by atoms with Crippen LogP contribution < -0.4 is 0 Å². The van der Waals surface area contributed by atoms with E-state index in [0.29, 0.717) is 30.9 Å². The Kier molecular flexibility index (Phi) is 9.70. The highest BCUT2D eigenvalue weighted by Crippen LogP contribution is 2.29. The number of halogens is 3. The lowest BCUT2D eigenvalue weighted by Gasteiger charge is -2.36. The van der Waals surface area contributed by atoms with Crippen molar-refractivity contribution >= 4 is 17.9 Å². The number of hydrogen-bond donors (Lipinski definition) is 0. The predicted molar refractivity (Wildman–Crippen MR) is 176 cm³/mol. The third kappa shape index (κ3) is 7.83. The molecule has 48 heavy (non-hydrogen) atoms. The normalized spacial score (nSPS) is 13.6. The molecule has 0 N–H and O–H groups in total. The highest BCUT2D eigenvalue weighted by molar-refractivity contribution is 5.95. The molecule has 5 aromatic rings. The van der Waals surface area contributed by atoms with Gasteiger partial charge in [-0.15, -0.1) is 0 Å². The molecule has 3 aromatic carbocycles. The van der Waals surface area contributed by atoms with Gasteiger partial charge in [0.1, 0.15) is 11.9 Å². The zero-order chi connectivity index (χ0) is 33.5. The fourth-order valence-corrected chi connectivity index (χ4v) is 5.73. The summed E-state index contributed by atoms with van der Waals surface area (Å²) in [5.74, 6) is -0.308. The molecule has 1 atom stereocenters. The lowest BCUT2D eigenvalue weighted by molar-refractivity contribution is -0.144. The maximum Gasteiger partial charge on any atom is 0.416 e. The van der Waals surface area contributed by atoms with E-state index >= 15 is 0 Å². The van der Waals surface area contributed by atoms with Crippen LogP contribution in [-0.2, 0) is 41.7 Å². The number of aromatic nitrogens is 3. The molecule has 0 radical (unpaired) electrons. The standard InChI is InChI=1S/C38H32F3N5O2/c39-38(40,41)32-16-11-27(12-17-32)13-18-36(47)46(25-28-9-14-30(15-10-28)33-8-3-4-20-42-33)34(24-35-43-21-5-22-44-35)37(48)45-23-19-29-6-1-2-7-31(29)26-45/h1-18,20-22,34H,19,23-26H2/b18-13+. The topological polar surface area (TPSA) is 79.3 Å². The summed E-state index contributed by atoms with van der Waals surface area (Å²) in [6.45, 7) is 0.986. The van der Waals surface area contributed by atoms with Crippen molar-refractivity contribution in [3.05, 3.63) is 155 Å². The zero-order valence-electron chi connectivity index (χ0n) is 25.9. The predicted octanol–water partition coefficient (Wildman–Crippen LogP) is 6.80. The molecule has 0 fully saturated rings. The van der Waals surface area contributed by atoms with Gasteiger partial charge in [0, 0.05) is 56.3 Å². The molecular weight excluding hydrogens is 615 g/mol. The first-order valence-electron chi connectivity index (χ1n) is 15.5. The number of benzene rings is 3. The number of alkyl halides is 3. The Morgan fingerprint density at radius 3 is 2.19 bits per heavy atom. The van der Waals surface area contributed by atoms with Crippen molar-refractivity contribution in [3.8, 4) is 11.3 Å². The van der Waals surface area contributed by atoms with E-state index in [1.54, 1.807) is 29.6 Å². The molecule has 0 spiro atoms. The zero-order valence-corrected chi connectivity index (χ0v) is 25.9. The van der Waals surface area contributed by atoms with E-state index in [-0.39, 0.29) is 18.9 Å². The summed E-state index contributed by atoms with van der Waals surface area (Å²) in [5.41, 5.74) is 4.35. The lowest BCUT2D eigenvalue weighted by atomic mass is 9.98. The van der Waals surface area contributed by atoms with Gasteiger partial charge in [-0.2, -0.15) is 13.2 Å². The van der Waals surface area contributed by atoms with E-state index in [0.717, 1.165) is 34.5 Å². The van der Waals surface area contributed by atoms with Gasteiger partial charge in [-0.05, 0) is 65.1 Å². The second kappa shape index (κ2) is 14.4. The Labute approximate surface area is 276 Å². The van der Waals surface area contributed by atoms with Gasteiger partial charge in [-0.3, -0.25) is 14.6 Å². The van der Waals surface area contributed by atoms with Crippen LogP contribution in [0.25, 0.3) is 17.3 Å². The summed E-state index contributed by atoms with van der Waals surface area (Å²) >= 11 is 0. The molecule has 1 aliphatic rings. The Morgan fingerprint density at radius 1 is 0.812 bits per heavy atom. The minimum Gasteiger partial charge on any atom is -0.336 e. The van der Waals surface area contributed by atoms with Gasteiger partial charge in [0.2, 0.25) is 11.8 Å². The summed E-state index contributed by atoms with van der Waals surface area (Å²) < 4.78 is 39.4. The molecule has 0 bridgehead atoms. The SMILES string of the molecule is O=C(C(Cc1ncccn1)N(Cc1ccc(-c2ccccn2)cc1)C(=O)/C=C/c1ccc(C(F)(F)F)cc1)N1CCc2ccccc2C1. The number of rotatable bonds is 9. The highest BCUT2D eigenvalue weighted by Gasteiger charge is 2.35. The average molecular weight is 648 g/mol. The van der Waals surface area contributed by atoms with E-state index in [4.69, 9.17) is 0 Å². The fourth-order valence-electron chi connectivity index (χ4n) is 5.73. The number of carbonyl (C=O) groups is 2. The summed E-state index contributed by atoms with van der Waals surface area (Å²) in [6.07, 6.45) is 3.94. The van der Waals surface area contributed by atoms with E-state index in [1.807, 2.05) is 60.7 Å². The van der Waals surface area contributed by atoms with Gasteiger partial charge < -0.3 is 9.80 Å². The van der Waals surface area contributed by atoms with Crippen molar-refractivity contribution in [1.82, 2.24) is 24.8 Å². The first-order chi connectivity index (χ1) is 23.2. The molecule has 1 aliphatic heterocycles. The summed E-state index contributed by atoms with van der Waals surface area (Å²) in [4.78, 5) is 44.9. The van der Waals surface area contributed by atoms with Crippen LogP contribution in [0.2, 0.25) is 0 Å². The van der Waals surface area contributed by atoms with Crippen molar-refractivity contribution in [3.63, 3.8) is 0 Å².